The smallest absolute Gasteiger partial charge is 0.194 e. The zero-order chi connectivity index (χ0) is 14.5. The Morgan fingerprint density at radius 2 is 2.25 bits per heavy atom. The SMILES string of the molecule is CC(C)CNCc1c(SC(C)CCO)nc2sccn12. The lowest BCUT2D eigenvalue weighted by Crippen LogP contribution is -2.20. The van der Waals surface area contributed by atoms with Gasteiger partial charge in [0.25, 0.3) is 0 Å². The number of rotatable bonds is 8. The molecule has 1 unspecified atom stereocenters. The largest absolute Gasteiger partial charge is 0.396 e. The second-order valence-electron chi connectivity index (χ2n) is 5.38. The molecule has 2 N–H and O–H groups in total. The van der Waals surface area contributed by atoms with Crippen LogP contribution in [0.5, 0.6) is 0 Å². The molecule has 6 heteroatoms. The Morgan fingerprint density at radius 3 is 2.95 bits per heavy atom. The van der Waals surface area contributed by atoms with E-state index in [2.05, 4.69) is 42.1 Å². The molecule has 20 heavy (non-hydrogen) atoms. The number of thioether (sulfide) groups is 1. The van der Waals surface area contributed by atoms with Gasteiger partial charge in [0, 0.05) is 30.0 Å². The van der Waals surface area contributed by atoms with E-state index in [1.165, 1.54) is 5.69 Å². The summed E-state index contributed by atoms with van der Waals surface area (Å²) in [4.78, 5) is 5.76. The van der Waals surface area contributed by atoms with Crippen molar-refractivity contribution in [3.05, 3.63) is 17.3 Å². The van der Waals surface area contributed by atoms with Gasteiger partial charge in [0.1, 0.15) is 5.03 Å². The Hall–Kier alpha value is -0.560. The van der Waals surface area contributed by atoms with E-state index in [1.807, 2.05) is 0 Å². The normalized spacial score (nSPS) is 13.4. The minimum Gasteiger partial charge on any atom is -0.396 e. The highest BCUT2D eigenvalue weighted by molar-refractivity contribution is 7.99. The summed E-state index contributed by atoms with van der Waals surface area (Å²) in [5.74, 6) is 0.644. The van der Waals surface area contributed by atoms with Crippen LogP contribution in [0.2, 0.25) is 0 Å². The number of hydrogen-bond acceptors (Lipinski definition) is 5. The first-order chi connectivity index (χ1) is 9.61. The average Bonchev–Trinajstić information content (AvgIpc) is 2.92. The molecule has 0 aliphatic carbocycles. The molecule has 0 aliphatic heterocycles. The number of nitrogens with zero attached hydrogens (tertiary/aromatic N) is 2. The molecule has 2 aromatic rings. The predicted molar refractivity (Wildman–Crippen MR) is 86.6 cm³/mol. The van der Waals surface area contributed by atoms with Crippen molar-refractivity contribution in [2.75, 3.05) is 13.2 Å². The van der Waals surface area contributed by atoms with E-state index < -0.39 is 0 Å². The first kappa shape index (κ1) is 15.8. The van der Waals surface area contributed by atoms with Crippen LogP contribution in [0.1, 0.15) is 32.9 Å². The van der Waals surface area contributed by atoms with Crippen LogP contribution in [0.15, 0.2) is 16.6 Å². The molecular weight excluding hydrogens is 290 g/mol. The Bertz CT molecular complexity index is 535. The Morgan fingerprint density at radius 1 is 1.45 bits per heavy atom. The van der Waals surface area contributed by atoms with Gasteiger partial charge in [0.15, 0.2) is 4.96 Å². The van der Waals surface area contributed by atoms with Crippen molar-refractivity contribution in [2.45, 2.75) is 44.0 Å². The molecule has 0 radical (unpaired) electrons. The van der Waals surface area contributed by atoms with Gasteiger partial charge in [0.2, 0.25) is 0 Å². The van der Waals surface area contributed by atoms with Crippen molar-refractivity contribution in [2.24, 2.45) is 5.92 Å². The second-order valence-corrected chi connectivity index (χ2v) is 7.68. The summed E-state index contributed by atoms with van der Waals surface area (Å²) in [6, 6.07) is 0. The lowest BCUT2D eigenvalue weighted by molar-refractivity contribution is 0.289. The van der Waals surface area contributed by atoms with Crippen LogP contribution in [0, 0.1) is 5.92 Å². The number of nitrogens with one attached hydrogen (secondary N) is 1. The third-order valence-electron chi connectivity index (χ3n) is 3.02. The molecule has 0 bridgehead atoms. The summed E-state index contributed by atoms with van der Waals surface area (Å²) >= 11 is 3.42. The fourth-order valence-corrected chi connectivity index (χ4v) is 3.82. The molecule has 2 aromatic heterocycles. The molecule has 112 valence electrons. The van der Waals surface area contributed by atoms with E-state index in [-0.39, 0.29) is 6.61 Å². The van der Waals surface area contributed by atoms with Crippen LogP contribution in [-0.4, -0.2) is 32.9 Å². The van der Waals surface area contributed by atoms with Crippen LogP contribution in [0.25, 0.3) is 4.96 Å². The van der Waals surface area contributed by atoms with Gasteiger partial charge in [-0.25, -0.2) is 4.98 Å². The number of imidazole rings is 1. The first-order valence-electron chi connectivity index (χ1n) is 7.04. The molecule has 0 amide bonds. The summed E-state index contributed by atoms with van der Waals surface area (Å²) in [5.41, 5.74) is 1.23. The quantitative estimate of drug-likeness (QED) is 0.736. The molecule has 0 saturated heterocycles. The second kappa shape index (κ2) is 7.45. The Labute approximate surface area is 128 Å². The lowest BCUT2D eigenvalue weighted by Gasteiger charge is -2.11. The topological polar surface area (TPSA) is 49.6 Å². The average molecular weight is 313 g/mol. The first-order valence-corrected chi connectivity index (χ1v) is 8.80. The van der Waals surface area contributed by atoms with Gasteiger partial charge in [-0.2, -0.15) is 0 Å². The van der Waals surface area contributed by atoms with Gasteiger partial charge >= 0.3 is 0 Å². The molecule has 0 aromatic carbocycles. The maximum absolute atomic E-state index is 9.04. The van der Waals surface area contributed by atoms with E-state index in [1.54, 1.807) is 23.1 Å². The molecule has 2 heterocycles. The van der Waals surface area contributed by atoms with Gasteiger partial charge in [0.05, 0.1) is 5.69 Å². The van der Waals surface area contributed by atoms with Crippen molar-refractivity contribution in [3.8, 4) is 0 Å². The third kappa shape index (κ3) is 3.97. The van der Waals surface area contributed by atoms with Crippen molar-refractivity contribution in [1.29, 1.82) is 0 Å². The number of fused-ring (bicyclic) bond motifs is 1. The highest BCUT2D eigenvalue weighted by Gasteiger charge is 2.16. The standard InChI is InChI=1S/C14H23N3OS2/c1-10(2)8-15-9-12-13(20-11(3)4-6-18)16-14-17(12)5-7-19-14/h5,7,10-11,15,18H,4,6,8-9H2,1-3H3. The van der Waals surface area contributed by atoms with Crippen molar-refractivity contribution in [1.82, 2.24) is 14.7 Å². The van der Waals surface area contributed by atoms with Gasteiger partial charge in [-0.3, -0.25) is 4.40 Å². The van der Waals surface area contributed by atoms with Crippen LogP contribution >= 0.6 is 23.1 Å². The van der Waals surface area contributed by atoms with Crippen molar-refractivity contribution in [3.63, 3.8) is 0 Å². The van der Waals surface area contributed by atoms with Crippen LogP contribution < -0.4 is 5.32 Å². The Balaban J connectivity index is 2.13. The summed E-state index contributed by atoms with van der Waals surface area (Å²) in [7, 11) is 0. The van der Waals surface area contributed by atoms with E-state index in [9.17, 15) is 0 Å². The maximum Gasteiger partial charge on any atom is 0.194 e. The maximum atomic E-state index is 9.04. The predicted octanol–water partition coefficient (Wildman–Crippen LogP) is 3.00. The van der Waals surface area contributed by atoms with E-state index in [4.69, 9.17) is 10.1 Å². The van der Waals surface area contributed by atoms with E-state index in [0.717, 1.165) is 29.5 Å². The minimum atomic E-state index is 0.233. The van der Waals surface area contributed by atoms with Gasteiger partial charge in [-0.1, -0.05) is 20.8 Å². The summed E-state index contributed by atoms with van der Waals surface area (Å²) in [5, 5.41) is 16.1. The number of aliphatic hydroxyl groups is 1. The van der Waals surface area contributed by atoms with E-state index in [0.29, 0.717) is 11.2 Å². The summed E-state index contributed by atoms with van der Waals surface area (Å²) in [6.07, 6.45) is 2.88. The van der Waals surface area contributed by atoms with Crippen molar-refractivity contribution < 1.29 is 5.11 Å². The van der Waals surface area contributed by atoms with E-state index >= 15 is 0 Å². The molecule has 0 saturated carbocycles. The number of hydrogen-bond donors (Lipinski definition) is 2. The molecule has 0 aliphatic rings. The minimum absolute atomic E-state index is 0.233. The Kier molecular flexibility index (Phi) is 5.89. The molecule has 0 fully saturated rings. The fraction of sp³-hybridized carbons (Fsp3) is 0.643. The molecule has 2 rings (SSSR count). The zero-order valence-corrected chi connectivity index (χ0v) is 13.9. The van der Waals surface area contributed by atoms with Crippen LogP contribution in [-0.2, 0) is 6.54 Å². The van der Waals surface area contributed by atoms with Crippen LogP contribution in [0.4, 0.5) is 0 Å². The van der Waals surface area contributed by atoms with Crippen LogP contribution in [0.3, 0.4) is 0 Å². The fourth-order valence-electron chi connectivity index (χ4n) is 1.98. The summed E-state index contributed by atoms with van der Waals surface area (Å²) in [6.45, 7) is 8.64. The summed E-state index contributed by atoms with van der Waals surface area (Å²) < 4.78 is 2.17. The molecule has 1 atom stereocenters. The highest BCUT2D eigenvalue weighted by atomic mass is 32.2. The number of thiazole rings is 1. The van der Waals surface area contributed by atoms with Gasteiger partial charge in [-0.05, 0) is 18.9 Å². The zero-order valence-electron chi connectivity index (χ0n) is 12.3. The molecule has 4 nitrogen and oxygen atoms in total. The van der Waals surface area contributed by atoms with Crippen molar-refractivity contribution >= 4 is 28.1 Å². The molecule has 0 spiro atoms. The number of aromatic nitrogens is 2. The third-order valence-corrected chi connectivity index (χ3v) is 4.96. The monoisotopic (exact) mass is 313 g/mol. The lowest BCUT2D eigenvalue weighted by atomic mass is 10.2. The van der Waals surface area contributed by atoms with Gasteiger partial charge in [-0.15, -0.1) is 23.1 Å². The molecular formula is C14H23N3OS2. The number of aliphatic hydroxyl groups excluding tert-OH is 1. The highest BCUT2D eigenvalue weighted by Crippen LogP contribution is 2.30. The van der Waals surface area contributed by atoms with Gasteiger partial charge < -0.3 is 10.4 Å².